The van der Waals surface area contributed by atoms with Gasteiger partial charge in [-0.2, -0.15) is 0 Å². The second-order valence-electron chi connectivity index (χ2n) is 3.01. The molecule has 0 aliphatic rings. The average molecular weight is 194 g/mol. The lowest BCUT2D eigenvalue weighted by Crippen LogP contribution is -2.21. The van der Waals surface area contributed by atoms with Crippen LogP contribution in [0.5, 0.6) is 5.75 Å². The Morgan fingerprint density at radius 3 is 2.43 bits per heavy atom. The molecule has 0 aliphatic heterocycles. The summed E-state index contributed by atoms with van der Waals surface area (Å²) in [5, 5.41) is 6.57. The fraction of sp³-hybridized carbons (Fsp3) is 0.455. The van der Waals surface area contributed by atoms with E-state index >= 15 is 0 Å². The number of likely N-dealkylation sites (N-methyl/N-ethyl adjacent to an activating group) is 1. The Hall–Kier alpha value is -1.22. The molecule has 0 atom stereocenters. The van der Waals surface area contributed by atoms with E-state index in [4.69, 9.17) is 4.74 Å². The number of hydrogen-bond donors (Lipinski definition) is 2. The third-order valence-corrected chi connectivity index (χ3v) is 1.97. The summed E-state index contributed by atoms with van der Waals surface area (Å²) in [7, 11) is 1.67. The summed E-state index contributed by atoms with van der Waals surface area (Å²) < 4.78 is 5.07. The molecule has 0 heterocycles. The molecule has 1 aromatic carbocycles. The number of nitrogens with one attached hydrogen (secondary N) is 2. The van der Waals surface area contributed by atoms with Gasteiger partial charge in [-0.15, -0.1) is 0 Å². The predicted molar refractivity (Wildman–Crippen MR) is 60.0 cm³/mol. The number of benzene rings is 1. The molecule has 0 fully saturated rings. The van der Waals surface area contributed by atoms with Crippen LogP contribution in [-0.2, 0) is 0 Å². The largest absolute Gasteiger partial charge is 0.497 e. The minimum Gasteiger partial charge on any atom is -0.497 e. The molecule has 78 valence electrons. The summed E-state index contributed by atoms with van der Waals surface area (Å²) in [5.74, 6) is 0.891. The van der Waals surface area contributed by atoms with E-state index in [2.05, 4.69) is 17.6 Å². The molecule has 0 spiro atoms. The molecule has 3 heteroatoms. The molecule has 2 N–H and O–H groups in total. The van der Waals surface area contributed by atoms with Crippen molar-refractivity contribution in [1.29, 1.82) is 0 Å². The van der Waals surface area contributed by atoms with Crippen molar-refractivity contribution in [3.05, 3.63) is 24.3 Å². The fourth-order valence-electron chi connectivity index (χ4n) is 1.18. The van der Waals surface area contributed by atoms with Gasteiger partial charge in [-0.05, 0) is 30.8 Å². The Labute approximate surface area is 85.5 Å². The minimum absolute atomic E-state index is 0.891. The summed E-state index contributed by atoms with van der Waals surface area (Å²) in [5.41, 5.74) is 1.13. The smallest absolute Gasteiger partial charge is 0.119 e. The lowest BCUT2D eigenvalue weighted by molar-refractivity contribution is 0.415. The number of rotatable bonds is 6. The molecule has 0 aliphatic carbocycles. The summed E-state index contributed by atoms with van der Waals surface area (Å²) in [4.78, 5) is 0. The van der Waals surface area contributed by atoms with Gasteiger partial charge in [0.1, 0.15) is 5.75 Å². The van der Waals surface area contributed by atoms with Crippen LogP contribution in [-0.4, -0.2) is 26.7 Å². The van der Waals surface area contributed by atoms with Crippen molar-refractivity contribution in [3.63, 3.8) is 0 Å². The molecular formula is C11H18N2O. The van der Waals surface area contributed by atoms with Crippen molar-refractivity contribution in [1.82, 2.24) is 5.32 Å². The zero-order chi connectivity index (χ0) is 10.2. The highest BCUT2D eigenvalue weighted by molar-refractivity contribution is 5.46. The van der Waals surface area contributed by atoms with E-state index in [1.165, 1.54) is 0 Å². The van der Waals surface area contributed by atoms with Gasteiger partial charge in [0.05, 0.1) is 7.11 Å². The van der Waals surface area contributed by atoms with Crippen LogP contribution in [0, 0.1) is 0 Å². The van der Waals surface area contributed by atoms with Crippen LogP contribution in [0.4, 0.5) is 5.69 Å². The number of methoxy groups -OCH3 is 1. The van der Waals surface area contributed by atoms with E-state index in [9.17, 15) is 0 Å². The van der Waals surface area contributed by atoms with E-state index in [-0.39, 0.29) is 0 Å². The van der Waals surface area contributed by atoms with Crippen molar-refractivity contribution in [2.45, 2.75) is 6.92 Å². The number of anilines is 1. The lowest BCUT2D eigenvalue weighted by atomic mass is 10.3. The molecule has 14 heavy (non-hydrogen) atoms. The molecule has 1 aromatic rings. The van der Waals surface area contributed by atoms with Crippen LogP contribution < -0.4 is 15.4 Å². The maximum atomic E-state index is 5.07. The highest BCUT2D eigenvalue weighted by Gasteiger charge is 1.92. The number of hydrogen-bond acceptors (Lipinski definition) is 3. The number of ether oxygens (including phenoxy) is 1. The van der Waals surface area contributed by atoms with Gasteiger partial charge < -0.3 is 15.4 Å². The molecule has 1 rings (SSSR count). The molecule has 0 saturated heterocycles. The second kappa shape index (κ2) is 6.27. The van der Waals surface area contributed by atoms with E-state index in [1.807, 2.05) is 24.3 Å². The Bertz CT molecular complexity index is 246. The Kier molecular flexibility index (Phi) is 4.86. The quantitative estimate of drug-likeness (QED) is 0.676. The maximum Gasteiger partial charge on any atom is 0.119 e. The summed E-state index contributed by atoms with van der Waals surface area (Å²) in [6.45, 7) is 5.06. The zero-order valence-electron chi connectivity index (χ0n) is 8.84. The summed E-state index contributed by atoms with van der Waals surface area (Å²) in [6.07, 6.45) is 0. The fourth-order valence-corrected chi connectivity index (χ4v) is 1.18. The van der Waals surface area contributed by atoms with Crippen LogP contribution in [0.3, 0.4) is 0 Å². The van der Waals surface area contributed by atoms with Crippen molar-refractivity contribution >= 4 is 5.69 Å². The van der Waals surface area contributed by atoms with Gasteiger partial charge in [-0.25, -0.2) is 0 Å². The van der Waals surface area contributed by atoms with Crippen LogP contribution in [0.2, 0.25) is 0 Å². The van der Waals surface area contributed by atoms with Gasteiger partial charge in [0.25, 0.3) is 0 Å². The highest BCUT2D eigenvalue weighted by atomic mass is 16.5. The van der Waals surface area contributed by atoms with Crippen LogP contribution in [0.1, 0.15) is 6.92 Å². The van der Waals surface area contributed by atoms with Crippen molar-refractivity contribution in [2.24, 2.45) is 0 Å². The molecule has 0 bridgehead atoms. The van der Waals surface area contributed by atoms with Crippen molar-refractivity contribution in [3.8, 4) is 5.75 Å². The molecule has 0 unspecified atom stereocenters. The van der Waals surface area contributed by atoms with Gasteiger partial charge >= 0.3 is 0 Å². The monoisotopic (exact) mass is 194 g/mol. The first-order valence-corrected chi connectivity index (χ1v) is 4.95. The molecular weight excluding hydrogens is 176 g/mol. The molecule has 0 saturated carbocycles. The van der Waals surface area contributed by atoms with E-state index in [0.29, 0.717) is 0 Å². The second-order valence-corrected chi connectivity index (χ2v) is 3.01. The molecule has 0 aromatic heterocycles. The molecule has 3 nitrogen and oxygen atoms in total. The lowest BCUT2D eigenvalue weighted by Gasteiger charge is -2.07. The minimum atomic E-state index is 0.891. The van der Waals surface area contributed by atoms with Gasteiger partial charge in [0, 0.05) is 18.8 Å². The van der Waals surface area contributed by atoms with Crippen molar-refractivity contribution < 1.29 is 4.74 Å². The third-order valence-electron chi connectivity index (χ3n) is 1.97. The van der Waals surface area contributed by atoms with Crippen molar-refractivity contribution in [2.75, 3.05) is 32.1 Å². The maximum absolute atomic E-state index is 5.07. The van der Waals surface area contributed by atoms with E-state index in [1.54, 1.807) is 7.11 Å². The molecule has 0 radical (unpaired) electrons. The standard InChI is InChI=1S/C11H18N2O/c1-3-12-8-9-13-10-4-6-11(14-2)7-5-10/h4-7,12-13H,3,8-9H2,1-2H3. The first-order valence-electron chi connectivity index (χ1n) is 4.95. The van der Waals surface area contributed by atoms with Crippen LogP contribution in [0.15, 0.2) is 24.3 Å². The summed E-state index contributed by atoms with van der Waals surface area (Å²) in [6, 6.07) is 7.95. The predicted octanol–water partition coefficient (Wildman–Crippen LogP) is 1.72. The van der Waals surface area contributed by atoms with E-state index in [0.717, 1.165) is 31.1 Å². The van der Waals surface area contributed by atoms with Crippen LogP contribution in [0.25, 0.3) is 0 Å². The average Bonchev–Trinajstić information content (AvgIpc) is 2.25. The Balaban J connectivity index is 2.29. The topological polar surface area (TPSA) is 33.3 Å². The first kappa shape index (κ1) is 10.9. The zero-order valence-corrected chi connectivity index (χ0v) is 8.84. The van der Waals surface area contributed by atoms with Gasteiger partial charge in [-0.1, -0.05) is 6.92 Å². The van der Waals surface area contributed by atoms with Crippen LogP contribution >= 0.6 is 0 Å². The normalized spacial score (nSPS) is 9.86. The van der Waals surface area contributed by atoms with Gasteiger partial charge in [0.15, 0.2) is 0 Å². The van der Waals surface area contributed by atoms with E-state index < -0.39 is 0 Å². The third kappa shape index (κ3) is 3.66. The van der Waals surface area contributed by atoms with Gasteiger partial charge in [-0.3, -0.25) is 0 Å². The SMILES string of the molecule is CCNCCNc1ccc(OC)cc1. The summed E-state index contributed by atoms with van der Waals surface area (Å²) >= 11 is 0. The highest BCUT2D eigenvalue weighted by Crippen LogP contribution is 2.14. The first-order chi connectivity index (χ1) is 6.86. The molecule has 0 amide bonds. The Morgan fingerprint density at radius 1 is 1.14 bits per heavy atom. The van der Waals surface area contributed by atoms with Gasteiger partial charge in [0.2, 0.25) is 0 Å². The Morgan fingerprint density at radius 2 is 1.86 bits per heavy atom.